The highest BCUT2D eigenvalue weighted by Gasteiger charge is 2.25. The summed E-state index contributed by atoms with van der Waals surface area (Å²) in [4.78, 5) is 26.2. The molecular formula is C18H32N2O2. The molecule has 0 spiro atoms. The van der Waals surface area contributed by atoms with Crippen LogP contribution in [-0.2, 0) is 9.59 Å². The largest absolute Gasteiger partial charge is 0.352 e. The molecule has 4 nitrogen and oxygen atoms in total. The summed E-state index contributed by atoms with van der Waals surface area (Å²) >= 11 is 0. The van der Waals surface area contributed by atoms with Gasteiger partial charge in [0.1, 0.15) is 0 Å². The summed E-state index contributed by atoms with van der Waals surface area (Å²) in [6, 6.07) is 0.581. The van der Waals surface area contributed by atoms with E-state index in [4.69, 9.17) is 0 Å². The van der Waals surface area contributed by atoms with Crippen molar-refractivity contribution in [3.8, 4) is 0 Å². The molecule has 0 aromatic rings. The molecule has 2 rings (SSSR count). The lowest BCUT2D eigenvalue weighted by Gasteiger charge is -2.30. The maximum Gasteiger partial charge on any atom is 0.239 e. The highest BCUT2D eigenvalue weighted by Crippen LogP contribution is 2.22. The Morgan fingerprint density at radius 2 is 1.36 bits per heavy atom. The van der Waals surface area contributed by atoms with Crippen molar-refractivity contribution in [3.63, 3.8) is 0 Å². The van der Waals surface area contributed by atoms with Gasteiger partial charge in [-0.25, -0.2) is 0 Å². The molecule has 2 saturated carbocycles. The maximum absolute atomic E-state index is 12.4. The van der Waals surface area contributed by atoms with E-state index in [-0.39, 0.29) is 24.4 Å². The average molecular weight is 308 g/mol. The Morgan fingerprint density at radius 1 is 0.864 bits per heavy atom. The van der Waals surface area contributed by atoms with Gasteiger partial charge >= 0.3 is 0 Å². The van der Waals surface area contributed by atoms with Gasteiger partial charge in [-0.1, -0.05) is 51.4 Å². The van der Waals surface area contributed by atoms with Crippen LogP contribution in [0.4, 0.5) is 0 Å². The highest BCUT2D eigenvalue weighted by molar-refractivity contribution is 5.84. The van der Waals surface area contributed by atoms with Crippen molar-refractivity contribution in [2.75, 3.05) is 6.54 Å². The van der Waals surface area contributed by atoms with Gasteiger partial charge in [-0.05, 0) is 25.7 Å². The third-order valence-corrected chi connectivity index (χ3v) is 5.20. The van der Waals surface area contributed by atoms with Crippen LogP contribution in [0.25, 0.3) is 0 Å². The fourth-order valence-corrected chi connectivity index (χ4v) is 3.92. The number of nitrogens with one attached hydrogen (secondary N) is 1. The van der Waals surface area contributed by atoms with E-state index in [1.807, 2.05) is 4.90 Å². The lowest BCUT2D eigenvalue weighted by atomic mass is 10.1. The van der Waals surface area contributed by atoms with Gasteiger partial charge in [-0.3, -0.25) is 9.59 Å². The molecule has 0 atom stereocenters. The zero-order valence-corrected chi connectivity index (χ0v) is 14.1. The zero-order valence-electron chi connectivity index (χ0n) is 14.1. The standard InChI is InChI=1S/C18H32N2O2/c1-15(21)20(17-12-8-4-5-9-13-17)14-18(22)19-16-10-6-2-3-7-11-16/h16-17H,2-14H2,1H3,(H,19,22). The number of carbonyl (C=O) groups excluding carboxylic acids is 2. The van der Waals surface area contributed by atoms with Gasteiger partial charge in [0, 0.05) is 19.0 Å². The Kier molecular flexibility index (Phi) is 7.20. The minimum Gasteiger partial charge on any atom is -0.352 e. The topological polar surface area (TPSA) is 49.4 Å². The van der Waals surface area contributed by atoms with E-state index >= 15 is 0 Å². The van der Waals surface area contributed by atoms with Crippen molar-refractivity contribution in [1.82, 2.24) is 10.2 Å². The first-order valence-corrected chi connectivity index (χ1v) is 9.23. The highest BCUT2D eigenvalue weighted by atomic mass is 16.2. The summed E-state index contributed by atoms with van der Waals surface area (Å²) in [7, 11) is 0. The summed E-state index contributed by atoms with van der Waals surface area (Å²) in [6.45, 7) is 1.85. The molecule has 0 bridgehead atoms. The minimum atomic E-state index is 0.0337. The Morgan fingerprint density at radius 3 is 1.86 bits per heavy atom. The van der Waals surface area contributed by atoms with Gasteiger partial charge in [0.15, 0.2) is 0 Å². The second-order valence-corrected chi connectivity index (χ2v) is 7.05. The van der Waals surface area contributed by atoms with Gasteiger partial charge in [0.05, 0.1) is 6.54 Å². The van der Waals surface area contributed by atoms with E-state index < -0.39 is 0 Å². The molecule has 2 aliphatic carbocycles. The molecule has 22 heavy (non-hydrogen) atoms. The molecular weight excluding hydrogens is 276 g/mol. The summed E-state index contributed by atoms with van der Waals surface area (Å²) in [6.07, 6.45) is 14.2. The number of carbonyl (C=O) groups is 2. The Balaban J connectivity index is 1.86. The summed E-state index contributed by atoms with van der Waals surface area (Å²) < 4.78 is 0. The number of rotatable bonds is 4. The smallest absolute Gasteiger partial charge is 0.239 e. The predicted molar refractivity (Wildman–Crippen MR) is 88.5 cm³/mol. The first-order valence-electron chi connectivity index (χ1n) is 9.23. The second-order valence-electron chi connectivity index (χ2n) is 7.05. The van der Waals surface area contributed by atoms with Crippen LogP contribution in [0, 0.1) is 0 Å². The van der Waals surface area contributed by atoms with Gasteiger partial charge < -0.3 is 10.2 Å². The first kappa shape index (κ1) is 17.3. The molecule has 0 aromatic carbocycles. The van der Waals surface area contributed by atoms with Crippen molar-refractivity contribution < 1.29 is 9.59 Å². The van der Waals surface area contributed by atoms with Gasteiger partial charge in [-0.15, -0.1) is 0 Å². The lowest BCUT2D eigenvalue weighted by molar-refractivity contribution is -0.137. The molecule has 4 heteroatoms. The van der Waals surface area contributed by atoms with Crippen LogP contribution in [0.15, 0.2) is 0 Å². The molecule has 0 aromatic heterocycles. The third-order valence-electron chi connectivity index (χ3n) is 5.20. The Hall–Kier alpha value is -1.06. The maximum atomic E-state index is 12.4. The Bertz CT molecular complexity index is 354. The van der Waals surface area contributed by atoms with Crippen molar-refractivity contribution in [1.29, 1.82) is 0 Å². The first-order chi connectivity index (χ1) is 10.7. The molecule has 1 N–H and O–H groups in total. The fraction of sp³-hybridized carbons (Fsp3) is 0.889. The van der Waals surface area contributed by atoms with E-state index in [9.17, 15) is 9.59 Å². The molecule has 126 valence electrons. The predicted octanol–water partition coefficient (Wildman–Crippen LogP) is 3.40. The normalized spacial score (nSPS) is 21.7. The third kappa shape index (κ3) is 5.62. The van der Waals surface area contributed by atoms with E-state index in [2.05, 4.69) is 5.32 Å². The van der Waals surface area contributed by atoms with Crippen molar-refractivity contribution in [2.24, 2.45) is 0 Å². The monoisotopic (exact) mass is 308 g/mol. The second kappa shape index (κ2) is 9.16. The summed E-state index contributed by atoms with van der Waals surface area (Å²) in [5, 5.41) is 3.17. The van der Waals surface area contributed by atoms with Crippen LogP contribution in [-0.4, -0.2) is 35.3 Å². The van der Waals surface area contributed by atoms with Crippen LogP contribution >= 0.6 is 0 Å². The molecule has 0 aliphatic heterocycles. The van der Waals surface area contributed by atoms with Gasteiger partial charge in [-0.2, -0.15) is 0 Å². The number of nitrogens with zero attached hydrogens (tertiary/aromatic N) is 1. The van der Waals surface area contributed by atoms with E-state index in [1.54, 1.807) is 6.92 Å². The SMILES string of the molecule is CC(=O)N(CC(=O)NC1CCCCCC1)C1CCCCCC1. The quantitative estimate of drug-likeness (QED) is 0.809. The van der Waals surface area contributed by atoms with Crippen LogP contribution in [0.2, 0.25) is 0 Å². The molecule has 0 radical (unpaired) electrons. The number of hydrogen-bond acceptors (Lipinski definition) is 2. The molecule has 2 amide bonds. The number of hydrogen-bond donors (Lipinski definition) is 1. The number of amides is 2. The molecule has 0 saturated heterocycles. The molecule has 2 fully saturated rings. The van der Waals surface area contributed by atoms with Crippen molar-refractivity contribution in [2.45, 2.75) is 96.1 Å². The minimum absolute atomic E-state index is 0.0337. The van der Waals surface area contributed by atoms with Crippen LogP contribution < -0.4 is 5.32 Å². The molecule has 2 aliphatic rings. The zero-order chi connectivity index (χ0) is 15.8. The fourth-order valence-electron chi connectivity index (χ4n) is 3.92. The van der Waals surface area contributed by atoms with Crippen molar-refractivity contribution >= 4 is 11.8 Å². The van der Waals surface area contributed by atoms with Crippen LogP contribution in [0.3, 0.4) is 0 Å². The van der Waals surface area contributed by atoms with Crippen LogP contribution in [0.1, 0.15) is 84.0 Å². The van der Waals surface area contributed by atoms with E-state index in [1.165, 1.54) is 51.4 Å². The summed E-state index contributed by atoms with van der Waals surface area (Å²) in [5.41, 5.74) is 0. The van der Waals surface area contributed by atoms with E-state index in [0.717, 1.165) is 25.7 Å². The van der Waals surface area contributed by atoms with Crippen LogP contribution in [0.5, 0.6) is 0 Å². The lowest BCUT2D eigenvalue weighted by Crippen LogP contribution is -2.47. The Labute approximate surface area is 135 Å². The summed E-state index contributed by atoms with van der Waals surface area (Å²) in [5.74, 6) is 0.0780. The van der Waals surface area contributed by atoms with Gasteiger partial charge in [0.2, 0.25) is 11.8 Å². The van der Waals surface area contributed by atoms with E-state index in [0.29, 0.717) is 6.04 Å². The van der Waals surface area contributed by atoms with Gasteiger partial charge in [0.25, 0.3) is 0 Å². The average Bonchev–Trinajstić information content (AvgIpc) is 2.89. The van der Waals surface area contributed by atoms with Crippen molar-refractivity contribution in [3.05, 3.63) is 0 Å². The molecule has 0 unspecified atom stereocenters. The molecule has 0 heterocycles.